The van der Waals surface area contributed by atoms with Crippen molar-refractivity contribution in [3.63, 3.8) is 0 Å². The smallest absolute Gasteiger partial charge is 0.105 e. The zero-order chi connectivity index (χ0) is 7.90. The van der Waals surface area contributed by atoms with E-state index in [4.69, 9.17) is 5.73 Å². The third-order valence-corrected chi connectivity index (χ3v) is 3.14. The van der Waals surface area contributed by atoms with Gasteiger partial charge >= 0.3 is 0 Å². The van der Waals surface area contributed by atoms with Crippen molar-refractivity contribution in [1.82, 2.24) is 5.32 Å². The van der Waals surface area contributed by atoms with Crippen LogP contribution in [0.1, 0.15) is 19.3 Å². The number of hydrogen-bond donors (Lipinski definition) is 3. The maximum atomic E-state index is 9.83. The summed E-state index contributed by atoms with van der Waals surface area (Å²) in [5.41, 5.74) is 5.35. The Labute approximate surface area is 67.0 Å². The van der Waals surface area contributed by atoms with Gasteiger partial charge in [-0.1, -0.05) is 6.42 Å². The lowest BCUT2D eigenvalue weighted by Crippen LogP contribution is -2.70. The van der Waals surface area contributed by atoms with E-state index in [0.29, 0.717) is 19.0 Å². The maximum Gasteiger partial charge on any atom is 0.105 e. The first-order valence-corrected chi connectivity index (χ1v) is 4.41. The van der Waals surface area contributed by atoms with Gasteiger partial charge in [0, 0.05) is 19.1 Å². The van der Waals surface area contributed by atoms with Crippen molar-refractivity contribution in [2.24, 2.45) is 11.7 Å². The summed E-state index contributed by atoms with van der Waals surface area (Å²) < 4.78 is 0. The molecule has 3 heteroatoms. The van der Waals surface area contributed by atoms with Crippen molar-refractivity contribution in [1.29, 1.82) is 0 Å². The molecule has 1 atom stereocenters. The second-order valence-corrected chi connectivity index (χ2v) is 3.92. The third-order valence-electron chi connectivity index (χ3n) is 3.14. The van der Waals surface area contributed by atoms with Gasteiger partial charge in [-0.25, -0.2) is 0 Å². The lowest BCUT2D eigenvalue weighted by Gasteiger charge is -2.47. The number of β-amino-alcohol motifs (C(OH)–C–C–N with tert-alkyl or cyclic N) is 1. The Morgan fingerprint density at radius 3 is 2.36 bits per heavy atom. The van der Waals surface area contributed by atoms with E-state index in [2.05, 4.69) is 5.32 Å². The van der Waals surface area contributed by atoms with E-state index < -0.39 is 5.60 Å². The van der Waals surface area contributed by atoms with Crippen molar-refractivity contribution in [2.75, 3.05) is 13.1 Å². The quantitative estimate of drug-likeness (QED) is 0.502. The summed E-state index contributed by atoms with van der Waals surface area (Å²) in [7, 11) is 0. The zero-order valence-electron chi connectivity index (χ0n) is 6.71. The summed E-state index contributed by atoms with van der Waals surface area (Å²) in [5, 5.41) is 12.9. The van der Waals surface area contributed by atoms with Gasteiger partial charge in [-0.05, 0) is 18.8 Å². The van der Waals surface area contributed by atoms with Crippen LogP contribution in [0, 0.1) is 5.92 Å². The van der Waals surface area contributed by atoms with Crippen molar-refractivity contribution in [2.45, 2.75) is 30.9 Å². The minimum atomic E-state index is -0.578. The van der Waals surface area contributed by atoms with E-state index in [1.807, 2.05) is 0 Å². The van der Waals surface area contributed by atoms with Gasteiger partial charge < -0.3 is 16.2 Å². The van der Waals surface area contributed by atoms with Crippen LogP contribution in [0.25, 0.3) is 0 Å². The minimum absolute atomic E-state index is 0.0116. The zero-order valence-corrected chi connectivity index (χ0v) is 6.71. The average molecular weight is 156 g/mol. The van der Waals surface area contributed by atoms with Crippen LogP contribution in [-0.4, -0.2) is 29.8 Å². The molecular weight excluding hydrogens is 140 g/mol. The lowest BCUT2D eigenvalue weighted by molar-refractivity contribution is -0.0578. The molecule has 2 fully saturated rings. The Balaban J connectivity index is 1.91. The molecule has 0 radical (unpaired) electrons. The second kappa shape index (κ2) is 2.44. The highest BCUT2D eigenvalue weighted by atomic mass is 16.3. The van der Waals surface area contributed by atoms with Crippen molar-refractivity contribution < 1.29 is 5.11 Å². The molecule has 4 N–H and O–H groups in total. The molecule has 0 aromatic carbocycles. The molecule has 11 heavy (non-hydrogen) atoms. The van der Waals surface area contributed by atoms with Gasteiger partial charge in [-0.15, -0.1) is 0 Å². The standard InChI is InChI=1S/C8H16N2O/c9-7(6-2-1-3-6)8(11)4-10-5-8/h6-7,10-11H,1-5,9H2. The largest absolute Gasteiger partial charge is 0.386 e. The Morgan fingerprint density at radius 1 is 1.45 bits per heavy atom. The fourth-order valence-corrected chi connectivity index (χ4v) is 1.85. The molecule has 64 valence electrons. The first kappa shape index (κ1) is 7.53. The number of nitrogens with one attached hydrogen (secondary N) is 1. The molecule has 1 unspecified atom stereocenters. The van der Waals surface area contributed by atoms with Gasteiger partial charge in [-0.3, -0.25) is 0 Å². The predicted molar refractivity (Wildman–Crippen MR) is 43.1 cm³/mol. The van der Waals surface area contributed by atoms with Crippen molar-refractivity contribution >= 4 is 0 Å². The first-order chi connectivity index (χ1) is 5.22. The SMILES string of the molecule is NC(C1CCC1)C1(O)CNC1. The highest BCUT2D eigenvalue weighted by molar-refractivity contribution is 5.04. The summed E-state index contributed by atoms with van der Waals surface area (Å²) in [6.45, 7) is 1.37. The van der Waals surface area contributed by atoms with Crippen molar-refractivity contribution in [3.8, 4) is 0 Å². The summed E-state index contributed by atoms with van der Waals surface area (Å²) in [4.78, 5) is 0. The number of nitrogens with two attached hydrogens (primary N) is 1. The molecule has 1 aliphatic heterocycles. The minimum Gasteiger partial charge on any atom is -0.386 e. The van der Waals surface area contributed by atoms with Crippen molar-refractivity contribution in [3.05, 3.63) is 0 Å². The molecule has 2 aliphatic rings. The summed E-state index contributed by atoms with van der Waals surface area (Å²) >= 11 is 0. The Bertz CT molecular complexity index is 152. The molecule has 3 nitrogen and oxygen atoms in total. The van der Waals surface area contributed by atoms with Crippen LogP contribution >= 0.6 is 0 Å². The molecule has 1 saturated heterocycles. The van der Waals surface area contributed by atoms with Crippen LogP contribution in [0.4, 0.5) is 0 Å². The predicted octanol–water partition coefficient (Wildman–Crippen LogP) is -0.552. The van der Waals surface area contributed by atoms with Crippen LogP contribution in [0.3, 0.4) is 0 Å². The van der Waals surface area contributed by atoms with Crippen LogP contribution in [0.2, 0.25) is 0 Å². The van der Waals surface area contributed by atoms with Crippen LogP contribution in [-0.2, 0) is 0 Å². The van der Waals surface area contributed by atoms with E-state index in [0.717, 1.165) is 0 Å². The van der Waals surface area contributed by atoms with Gasteiger partial charge in [-0.2, -0.15) is 0 Å². The molecule has 0 spiro atoms. The summed E-state index contributed by atoms with van der Waals surface area (Å²) in [6.07, 6.45) is 3.72. The summed E-state index contributed by atoms with van der Waals surface area (Å²) in [5.74, 6) is 0.585. The molecule has 1 saturated carbocycles. The maximum absolute atomic E-state index is 9.83. The highest BCUT2D eigenvalue weighted by Gasteiger charge is 2.45. The van der Waals surface area contributed by atoms with Crippen LogP contribution in [0.5, 0.6) is 0 Å². The Morgan fingerprint density at radius 2 is 2.09 bits per heavy atom. The molecule has 0 amide bonds. The monoisotopic (exact) mass is 156 g/mol. The molecule has 1 heterocycles. The molecule has 0 aromatic heterocycles. The van der Waals surface area contributed by atoms with Crippen LogP contribution in [0.15, 0.2) is 0 Å². The van der Waals surface area contributed by atoms with E-state index in [1.165, 1.54) is 19.3 Å². The lowest BCUT2D eigenvalue weighted by atomic mass is 9.71. The van der Waals surface area contributed by atoms with Gasteiger partial charge in [0.05, 0.1) is 0 Å². The third kappa shape index (κ3) is 1.08. The molecule has 1 aliphatic carbocycles. The topological polar surface area (TPSA) is 58.3 Å². The molecule has 0 bridgehead atoms. The van der Waals surface area contributed by atoms with Gasteiger partial charge in [0.15, 0.2) is 0 Å². The van der Waals surface area contributed by atoms with Crippen LogP contribution < -0.4 is 11.1 Å². The molecule has 2 rings (SSSR count). The van der Waals surface area contributed by atoms with E-state index in [1.54, 1.807) is 0 Å². The fraction of sp³-hybridized carbons (Fsp3) is 1.00. The fourth-order valence-electron chi connectivity index (χ4n) is 1.85. The summed E-state index contributed by atoms with van der Waals surface area (Å²) in [6, 6.07) is 0.0116. The van der Waals surface area contributed by atoms with E-state index >= 15 is 0 Å². The van der Waals surface area contributed by atoms with Gasteiger partial charge in [0.1, 0.15) is 5.60 Å². The van der Waals surface area contributed by atoms with E-state index in [-0.39, 0.29) is 6.04 Å². The second-order valence-electron chi connectivity index (χ2n) is 3.92. The van der Waals surface area contributed by atoms with Gasteiger partial charge in [0.25, 0.3) is 0 Å². The normalized spacial score (nSPS) is 32.2. The molecular formula is C8H16N2O. The number of rotatable bonds is 2. The number of hydrogen-bond acceptors (Lipinski definition) is 3. The Kier molecular flexibility index (Phi) is 1.67. The van der Waals surface area contributed by atoms with Gasteiger partial charge in [0.2, 0.25) is 0 Å². The highest BCUT2D eigenvalue weighted by Crippen LogP contribution is 2.34. The number of aliphatic hydroxyl groups is 1. The Hall–Kier alpha value is -0.120. The first-order valence-electron chi connectivity index (χ1n) is 4.41. The molecule has 0 aromatic rings. The van der Waals surface area contributed by atoms with E-state index in [9.17, 15) is 5.11 Å². The average Bonchev–Trinajstić information content (AvgIpc) is 1.78.